The maximum absolute atomic E-state index is 10.3. The van der Waals surface area contributed by atoms with Crippen LogP contribution < -0.4 is 0 Å². The fraction of sp³-hybridized carbons (Fsp3) is 0.750. The second-order valence-electron chi connectivity index (χ2n) is 1.60. The molecule has 65 valence electrons. The van der Waals surface area contributed by atoms with Gasteiger partial charge in [0.1, 0.15) is 0 Å². The number of rotatable bonds is 3. The summed E-state index contributed by atoms with van der Waals surface area (Å²) < 4.78 is 32.1. The smallest absolute Gasteiger partial charge is 0.357 e. The molecular formula is C4H7O6S. The molecule has 0 saturated heterocycles. The predicted molar refractivity (Wildman–Crippen MR) is 32.7 cm³/mol. The summed E-state index contributed by atoms with van der Waals surface area (Å²) >= 11 is 0. The molecule has 1 radical (unpaired) electrons. The van der Waals surface area contributed by atoms with Crippen LogP contribution in [0.4, 0.5) is 0 Å². The molecule has 0 aromatic heterocycles. The molecule has 0 saturated carbocycles. The van der Waals surface area contributed by atoms with Gasteiger partial charge in [0.2, 0.25) is 0 Å². The fourth-order valence-corrected chi connectivity index (χ4v) is 0.643. The quantitative estimate of drug-likeness (QED) is 0.455. The molecule has 0 aliphatic heterocycles. The molecule has 0 fully saturated rings. The van der Waals surface area contributed by atoms with E-state index in [1.54, 1.807) is 0 Å². The number of ether oxygens (including phenoxy) is 1. The highest BCUT2D eigenvalue weighted by Gasteiger charge is 2.31. The number of carbonyl (C=O) groups is 1. The van der Waals surface area contributed by atoms with Gasteiger partial charge in [-0.1, -0.05) is 0 Å². The van der Waals surface area contributed by atoms with Crippen LogP contribution in [0.25, 0.3) is 0 Å². The van der Waals surface area contributed by atoms with Gasteiger partial charge < -0.3 is 4.74 Å². The molecule has 0 aliphatic carbocycles. The van der Waals surface area contributed by atoms with E-state index in [0.717, 1.165) is 0 Å². The Kier molecular flexibility index (Phi) is 3.43. The van der Waals surface area contributed by atoms with Crippen molar-refractivity contribution in [3.8, 4) is 0 Å². The molecule has 0 rings (SSSR count). The van der Waals surface area contributed by atoms with Gasteiger partial charge in [0.25, 0.3) is 0 Å². The average Bonchev–Trinajstić information content (AvgIpc) is 1.85. The summed E-state index contributed by atoms with van der Waals surface area (Å²) in [5.74, 6) is -1.49. The summed E-state index contributed by atoms with van der Waals surface area (Å²) in [4.78, 5) is 10.3. The van der Waals surface area contributed by atoms with Crippen molar-refractivity contribution in [2.24, 2.45) is 0 Å². The lowest BCUT2D eigenvalue weighted by molar-refractivity contribution is -0.151. The molecule has 0 aromatic carbocycles. The lowest BCUT2D eigenvalue weighted by Crippen LogP contribution is -2.29. The van der Waals surface area contributed by atoms with Gasteiger partial charge in [-0.3, -0.25) is 4.55 Å². The van der Waals surface area contributed by atoms with Gasteiger partial charge >= 0.3 is 21.5 Å². The minimum Gasteiger partial charge on any atom is -0.463 e. The highest BCUT2D eigenvalue weighted by atomic mass is 32.2. The van der Waals surface area contributed by atoms with Crippen LogP contribution in [-0.4, -0.2) is 31.0 Å². The van der Waals surface area contributed by atoms with Crippen LogP contribution >= 0.6 is 0 Å². The third-order valence-electron chi connectivity index (χ3n) is 0.750. The standard InChI is InChI=1S/C4H7O6S/c1-2-10-3(5)4(6)11(7,8)9/h4H,2H2,1H3,(H,7,8,9). The average molecular weight is 183 g/mol. The Balaban J connectivity index is 4.27. The zero-order valence-electron chi connectivity index (χ0n) is 5.68. The first-order valence-corrected chi connectivity index (χ1v) is 4.18. The topological polar surface area (TPSA) is 101 Å². The highest BCUT2D eigenvalue weighted by Crippen LogP contribution is 1.97. The van der Waals surface area contributed by atoms with E-state index in [1.165, 1.54) is 6.92 Å². The summed E-state index contributed by atoms with van der Waals surface area (Å²) in [5, 5.41) is 10.3. The summed E-state index contributed by atoms with van der Waals surface area (Å²) in [6.07, 6.45) is 0. The first kappa shape index (κ1) is 10.3. The number of hydrogen-bond donors (Lipinski definition) is 1. The molecule has 1 N–H and O–H groups in total. The third kappa shape index (κ3) is 3.30. The molecule has 0 bridgehead atoms. The maximum atomic E-state index is 10.3. The predicted octanol–water partition coefficient (Wildman–Crippen LogP) is -0.806. The van der Waals surface area contributed by atoms with Gasteiger partial charge in [0, 0.05) is 0 Å². The molecule has 7 heteroatoms. The van der Waals surface area contributed by atoms with Crippen molar-refractivity contribution >= 4 is 16.1 Å². The van der Waals surface area contributed by atoms with Gasteiger partial charge in [-0.2, -0.15) is 13.5 Å². The van der Waals surface area contributed by atoms with Gasteiger partial charge in [-0.25, -0.2) is 4.79 Å². The second-order valence-corrected chi connectivity index (χ2v) is 3.06. The highest BCUT2D eigenvalue weighted by molar-refractivity contribution is 7.87. The van der Waals surface area contributed by atoms with E-state index < -0.39 is 21.5 Å². The normalized spacial score (nSPS) is 14.1. The molecule has 6 nitrogen and oxygen atoms in total. The zero-order valence-corrected chi connectivity index (χ0v) is 6.50. The van der Waals surface area contributed by atoms with Crippen molar-refractivity contribution in [1.82, 2.24) is 0 Å². The largest absolute Gasteiger partial charge is 0.463 e. The summed E-state index contributed by atoms with van der Waals surface area (Å²) in [6, 6.07) is 0. The summed E-state index contributed by atoms with van der Waals surface area (Å²) in [5.41, 5.74) is -2.75. The molecule has 0 spiro atoms. The molecule has 0 heterocycles. The number of hydrogen-bond acceptors (Lipinski definition) is 4. The van der Waals surface area contributed by atoms with Crippen LogP contribution in [0, 0.1) is 0 Å². The minimum absolute atomic E-state index is 0.104. The van der Waals surface area contributed by atoms with Crippen LogP contribution in [0.2, 0.25) is 0 Å². The summed E-state index contributed by atoms with van der Waals surface area (Å²) in [7, 11) is -4.85. The zero-order chi connectivity index (χ0) is 9.07. The van der Waals surface area contributed by atoms with Gasteiger partial charge in [0.15, 0.2) is 0 Å². The lowest BCUT2D eigenvalue weighted by Gasteiger charge is -2.02. The van der Waals surface area contributed by atoms with Crippen LogP contribution in [-0.2, 0) is 24.8 Å². The summed E-state index contributed by atoms with van der Waals surface area (Å²) in [6.45, 7) is 1.31. The Morgan fingerprint density at radius 1 is 1.64 bits per heavy atom. The number of esters is 1. The molecular weight excluding hydrogens is 176 g/mol. The van der Waals surface area contributed by atoms with Crippen molar-refractivity contribution in [1.29, 1.82) is 0 Å². The fourth-order valence-electron chi connectivity index (χ4n) is 0.332. The first-order chi connectivity index (χ1) is 4.89. The van der Waals surface area contributed by atoms with E-state index in [-0.39, 0.29) is 6.61 Å². The lowest BCUT2D eigenvalue weighted by atomic mass is 10.7. The van der Waals surface area contributed by atoms with E-state index in [0.29, 0.717) is 0 Å². The van der Waals surface area contributed by atoms with E-state index in [9.17, 15) is 18.3 Å². The Morgan fingerprint density at radius 2 is 2.09 bits per heavy atom. The van der Waals surface area contributed by atoms with Crippen LogP contribution in [0.1, 0.15) is 6.92 Å². The molecule has 0 aromatic rings. The maximum Gasteiger partial charge on any atom is 0.357 e. The molecule has 0 amide bonds. The molecule has 11 heavy (non-hydrogen) atoms. The van der Waals surface area contributed by atoms with Crippen molar-refractivity contribution in [3.63, 3.8) is 0 Å². The van der Waals surface area contributed by atoms with E-state index in [4.69, 9.17) is 4.55 Å². The van der Waals surface area contributed by atoms with Crippen LogP contribution in [0.5, 0.6) is 0 Å². The Hall–Kier alpha value is -0.660. The van der Waals surface area contributed by atoms with Gasteiger partial charge in [-0.15, -0.1) is 0 Å². The molecule has 0 aliphatic rings. The van der Waals surface area contributed by atoms with Gasteiger partial charge in [0.05, 0.1) is 6.61 Å². The Bertz CT molecular complexity index is 229. The first-order valence-electron chi connectivity index (χ1n) is 2.68. The molecule has 1 atom stereocenters. The van der Waals surface area contributed by atoms with Crippen molar-refractivity contribution in [3.05, 3.63) is 0 Å². The van der Waals surface area contributed by atoms with E-state index in [2.05, 4.69) is 4.74 Å². The Morgan fingerprint density at radius 3 is 2.36 bits per heavy atom. The Labute approximate surface area is 63.5 Å². The number of carbonyl (C=O) groups excluding carboxylic acids is 1. The van der Waals surface area contributed by atoms with E-state index in [1.807, 2.05) is 0 Å². The van der Waals surface area contributed by atoms with Gasteiger partial charge in [-0.05, 0) is 6.92 Å². The van der Waals surface area contributed by atoms with E-state index >= 15 is 0 Å². The van der Waals surface area contributed by atoms with Crippen molar-refractivity contribution < 1.29 is 27.6 Å². The SMILES string of the molecule is CCOC(=O)C([O])S(=O)(=O)O. The molecule has 1 unspecified atom stereocenters. The second kappa shape index (κ2) is 3.65. The minimum atomic E-state index is -4.85. The monoisotopic (exact) mass is 183 g/mol. The third-order valence-corrected chi connectivity index (χ3v) is 1.48. The van der Waals surface area contributed by atoms with Crippen LogP contribution in [0.15, 0.2) is 0 Å². The van der Waals surface area contributed by atoms with Crippen LogP contribution in [0.3, 0.4) is 0 Å². The van der Waals surface area contributed by atoms with Crippen molar-refractivity contribution in [2.75, 3.05) is 6.61 Å². The van der Waals surface area contributed by atoms with Crippen molar-refractivity contribution in [2.45, 2.75) is 12.4 Å².